The Kier molecular flexibility index (Phi) is 3.59. The summed E-state index contributed by atoms with van der Waals surface area (Å²) in [6.45, 7) is 3.60. The van der Waals surface area contributed by atoms with Gasteiger partial charge in [0, 0.05) is 32.8 Å². The highest BCUT2D eigenvalue weighted by molar-refractivity contribution is 4.89. The van der Waals surface area contributed by atoms with E-state index in [1.54, 1.807) is 7.11 Å². The van der Waals surface area contributed by atoms with Gasteiger partial charge in [0.1, 0.15) is 5.67 Å². The van der Waals surface area contributed by atoms with Gasteiger partial charge in [0.2, 0.25) is 0 Å². The van der Waals surface area contributed by atoms with Gasteiger partial charge >= 0.3 is 0 Å². The second kappa shape index (κ2) is 4.76. The lowest BCUT2D eigenvalue weighted by atomic mass is 9.93. The van der Waals surface area contributed by atoms with Crippen LogP contribution in [0, 0.1) is 0 Å². The van der Waals surface area contributed by atoms with Gasteiger partial charge in [-0.15, -0.1) is 0 Å². The van der Waals surface area contributed by atoms with Gasteiger partial charge in [-0.25, -0.2) is 4.39 Å². The molecule has 2 saturated heterocycles. The molecule has 2 rings (SSSR count). The van der Waals surface area contributed by atoms with Crippen molar-refractivity contribution in [3.63, 3.8) is 0 Å². The first kappa shape index (κ1) is 11.3. The van der Waals surface area contributed by atoms with Gasteiger partial charge in [-0.1, -0.05) is 0 Å². The lowest BCUT2D eigenvalue weighted by Gasteiger charge is -2.38. The van der Waals surface area contributed by atoms with Crippen LogP contribution in [0.3, 0.4) is 0 Å². The minimum absolute atomic E-state index is 0.238. The average molecular weight is 217 g/mol. The summed E-state index contributed by atoms with van der Waals surface area (Å²) < 4.78 is 24.3. The molecule has 0 amide bonds. The molecule has 2 aliphatic rings. The third kappa shape index (κ3) is 2.68. The normalized spacial score (nSPS) is 32.0. The van der Waals surface area contributed by atoms with Gasteiger partial charge in [0.15, 0.2) is 0 Å². The van der Waals surface area contributed by atoms with E-state index in [1.807, 2.05) is 0 Å². The van der Waals surface area contributed by atoms with Crippen molar-refractivity contribution in [2.45, 2.75) is 31.0 Å². The molecular weight excluding hydrogens is 197 g/mol. The monoisotopic (exact) mass is 217 g/mol. The number of hydrogen-bond donors (Lipinski definition) is 0. The van der Waals surface area contributed by atoms with Crippen molar-refractivity contribution in [3.8, 4) is 0 Å². The number of nitrogens with zero attached hydrogens (tertiary/aromatic N) is 1. The molecule has 2 fully saturated rings. The van der Waals surface area contributed by atoms with Crippen LogP contribution >= 0.6 is 0 Å². The summed E-state index contributed by atoms with van der Waals surface area (Å²) in [5, 5.41) is 0. The van der Waals surface area contributed by atoms with Crippen molar-refractivity contribution in [1.82, 2.24) is 4.90 Å². The second-order valence-corrected chi connectivity index (χ2v) is 4.64. The van der Waals surface area contributed by atoms with E-state index < -0.39 is 5.67 Å². The van der Waals surface area contributed by atoms with Gasteiger partial charge in [-0.3, -0.25) is 4.90 Å². The molecule has 0 saturated carbocycles. The van der Waals surface area contributed by atoms with Crippen LogP contribution in [0.5, 0.6) is 0 Å². The lowest BCUT2D eigenvalue weighted by Crippen LogP contribution is -2.48. The minimum atomic E-state index is -1.09. The van der Waals surface area contributed by atoms with Crippen molar-refractivity contribution in [1.29, 1.82) is 0 Å². The predicted octanol–water partition coefficient (Wildman–Crippen LogP) is 1.23. The molecule has 0 aromatic heterocycles. The zero-order valence-corrected chi connectivity index (χ0v) is 9.38. The molecule has 0 bridgehead atoms. The maximum absolute atomic E-state index is 14.1. The van der Waals surface area contributed by atoms with E-state index in [4.69, 9.17) is 9.47 Å². The first-order valence-corrected chi connectivity index (χ1v) is 5.73. The fourth-order valence-electron chi connectivity index (χ4n) is 2.50. The van der Waals surface area contributed by atoms with Crippen LogP contribution in [-0.4, -0.2) is 56.6 Å². The number of hydrogen-bond acceptors (Lipinski definition) is 3. The summed E-state index contributed by atoms with van der Waals surface area (Å²) >= 11 is 0. The largest absolute Gasteiger partial charge is 0.381 e. The van der Waals surface area contributed by atoms with E-state index in [0.717, 1.165) is 32.7 Å². The third-order valence-electron chi connectivity index (χ3n) is 3.52. The predicted molar refractivity (Wildman–Crippen MR) is 55.7 cm³/mol. The van der Waals surface area contributed by atoms with Crippen LogP contribution in [0.25, 0.3) is 0 Å². The minimum Gasteiger partial charge on any atom is -0.381 e. The highest BCUT2D eigenvalue weighted by Gasteiger charge is 2.37. The number of likely N-dealkylation sites (tertiary alicyclic amines) is 1. The Labute approximate surface area is 90.5 Å². The lowest BCUT2D eigenvalue weighted by molar-refractivity contribution is -0.0186. The fourth-order valence-corrected chi connectivity index (χ4v) is 2.50. The maximum Gasteiger partial charge on any atom is 0.136 e. The summed E-state index contributed by atoms with van der Waals surface area (Å²) in [6.07, 6.45) is 2.29. The molecule has 2 aliphatic heterocycles. The van der Waals surface area contributed by atoms with E-state index >= 15 is 0 Å². The summed E-state index contributed by atoms with van der Waals surface area (Å²) in [4.78, 5) is 2.36. The molecule has 0 radical (unpaired) electrons. The zero-order valence-electron chi connectivity index (χ0n) is 9.38. The molecule has 1 atom stereocenters. The van der Waals surface area contributed by atoms with Crippen molar-refractivity contribution in [2.75, 3.05) is 40.0 Å². The van der Waals surface area contributed by atoms with Crippen LogP contribution in [0.4, 0.5) is 4.39 Å². The highest BCUT2D eigenvalue weighted by Crippen LogP contribution is 2.29. The van der Waals surface area contributed by atoms with Crippen LogP contribution < -0.4 is 0 Å². The van der Waals surface area contributed by atoms with Gasteiger partial charge < -0.3 is 9.47 Å². The molecule has 0 N–H and O–H groups in total. The molecule has 15 heavy (non-hydrogen) atoms. The van der Waals surface area contributed by atoms with Gasteiger partial charge in [0.25, 0.3) is 0 Å². The molecule has 0 aliphatic carbocycles. The van der Waals surface area contributed by atoms with E-state index in [9.17, 15) is 4.39 Å². The van der Waals surface area contributed by atoms with Crippen LogP contribution in [0.2, 0.25) is 0 Å². The first-order valence-electron chi connectivity index (χ1n) is 5.73. The molecule has 3 nitrogen and oxygen atoms in total. The molecule has 88 valence electrons. The standard InChI is InChI=1S/C11H20FNO2/c1-14-9-11(12)3-5-13(6-4-11)10-2-7-15-8-10/h10H,2-9H2,1H3. The Bertz CT molecular complexity index is 199. The molecular formula is C11H20FNO2. The Morgan fingerprint density at radius 3 is 2.73 bits per heavy atom. The van der Waals surface area contributed by atoms with Crippen LogP contribution in [0.1, 0.15) is 19.3 Å². The van der Waals surface area contributed by atoms with Crippen molar-refractivity contribution in [3.05, 3.63) is 0 Å². The van der Waals surface area contributed by atoms with E-state index in [-0.39, 0.29) is 6.61 Å². The number of ether oxygens (including phenoxy) is 2. The summed E-state index contributed by atoms with van der Waals surface area (Å²) in [5.74, 6) is 0. The number of halogens is 1. The van der Waals surface area contributed by atoms with Gasteiger partial charge in [0.05, 0.1) is 13.2 Å². The SMILES string of the molecule is COCC1(F)CCN(C2CCOC2)CC1. The molecule has 0 aromatic carbocycles. The molecule has 1 unspecified atom stereocenters. The van der Waals surface area contributed by atoms with E-state index in [0.29, 0.717) is 18.9 Å². The molecule has 4 heteroatoms. The summed E-state index contributed by atoms with van der Waals surface area (Å²) in [6, 6.07) is 0.525. The maximum atomic E-state index is 14.1. The van der Waals surface area contributed by atoms with E-state index in [2.05, 4.69) is 4.90 Å². The Morgan fingerprint density at radius 2 is 2.20 bits per heavy atom. The Balaban J connectivity index is 1.80. The smallest absolute Gasteiger partial charge is 0.136 e. The quantitative estimate of drug-likeness (QED) is 0.709. The van der Waals surface area contributed by atoms with Crippen LogP contribution in [0.15, 0.2) is 0 Å². The molecule has 2 heterocycles. The molecule has 0 spiro atoms. The number of rotatable bonds is 3. The Hall–Kier alpha value is -0.190. The van der Waals surface area contributed by atoms with Gasteiger partial charge in [-0.2, -0.15) is 0 Å². The van der Waals surface area contributed by atoms with E-state index in [1.165, 1.54) is 0 Å². The average Bonchev–Trinajstić information content (AvgIpc) is 2.72. The third-order valence-corrected chi connectivity index (χ3v) is 3.52. The van der Waals surface area contributed by atoms with Crippen molar-refractivity contribution < 1.29 is 13.9 Å². The van der Waals surface area contributed by atoms with Crippen molar-refractivity contribution >= 4 is 0 Å². The zero-order chi connectivity index (χ0) is 10.7. The van der Waals surface area contributed by atoms with Crippen molar-refractivity contribution in [2.24, 2.45) is 0 Å². The summed E-state index contributed by atoms with van der Waals surface area (Å²) in [5.41, 5.74) is -1.09. The second-order valence-electron chi connectivity index (χ2n) is 4.64. The first-order chi connectivity index (χ1) is 7.23. The number of alkyl halides is 1. The Morgan fingerprint density at radius 1 is 1.47 bits per heavy atom. The number of methoxy groups -OCH3 is 1. The molecule has 0 aromatic rings. The topological polar surface area (TPSA) is 21.7 Å². The van der Waals surface area contributed by atoms with Crippen LogP contribution in [-0.2, 0) is 9.47 Å². The highest BCUT2D eigenvalue weighted by atomic mass is 19.1. The fraction of sp³-hybridized carbons (Fsp3) is 1.00. The van der Waals surface area contributed by atoms with Gasteiger partial charge in [-0.05, 0) is 19.3 Å². The number of piperidine rings is 1. The summed E-state index contributed by atoms with van der Waals surface area (Å²) in [7, 11) is 1.57.